The zero-order valence-electron chi connectivity index (χ0n) is 7.36. The number of hydrogen-bond donors (Lipinski definition) is 0. The van der Waals surface area contributed by atoms with Gasteiger partial charge in [0, 0.05) is 0 Å². The van der Waals surface area contributed by atoms with Crippen LogP contribution in [0.3, 0.4) is 0 Å². The van der Waals surface area contributed by atoms with Gasteiger partial charge in [0.1, 0.15) is 11.6 Å². The molecule has 0 aromatic carbocycles. The third kappa shape index (κ3) is 34.7. The number of rotatable bonds is 4. The Balaban J connectivity index is -0.000000143. The summed E-state index contributed by atoms with van der Waals surface area (Å²) < 4.78 is 0. The summed E-state index contributed by atoms with van der Waals surface area (Å²) in [6.07, 6.45) is 2.80. The maximum absolute atomic E-state index is 9.78. The van der Waals surface area contributed by atoms with E-state index in [2.05, 4.69) is 0 Å². The minimum absolute atomic E-state index is 0. The SMILES string of the molecule is CC(=O)C[C-]=O.CC(=O)C[C-]=O.[Pd+2]. The number of Topliss-reactive ketones (excluding diaryl/α,β-unsaturated/α-hetero) is 2. The summed E-state index contributed by atoms with van der Waals surface area (Å²) >= 11 is 0. The van der Waals surface area contributed by atoms with Gasteiger partial charge in [-0.2, -0.15) is 0 Å². The van der Waals surface area contributed by atoms with E-state index in [1.165, 1.54) is 26.4 Å². The summed E-state index contributed by atoms with van der Waals surface area (Å²) in [4.78, 5) is 38.1. The van der Waals surface area contributed by atoms with Gasteiger partial charge >= 0.3 is 20.4 Å². The molecule has 0 heterocycles. The van der Waals surface area contributed by atoms with Crippen molar-refractivity contribution >= 4 is 24.1 Å². The number of hydrogen-bond acceptors (Lipinski definition) is 4. The molecule has 0 amide bonds. The summed E-state index contributed by atoms with van der Waals surface area (Å²) in [5.74, 6) is -0.269. The average molecular weight is 277 g/mol. The summed E-state index contributed by atoms with van der Waals surface area (Å²) in [5.41, 5.74) is 0. The van der Waals surface area contributed by atoms with Gasteiger partial charge in [-0.25, -0.2) is 0 Å². The molecule has 4 nitrogen and oxygen atoms in total. The van der Waals surface area contributed by atoms with E-state index in [1.54, 1.807) is 0 Å². The van der Waals surface area contributed by atoms with Gasteiger partial charge in [-0.15, -0.1) is 0 Å². The van der Waals surface area contributed by atoms with Crippen LogP contribution in [0.25, 0.3) is 0 Å². The molecule has 0 saturated heterocycles. The van der Waals surface area contributed by atoms with Crippen LogP contribution in [0.4, 0.5) is 0 Å². The van der Waals surface area contributed by atoms with Crippen LogP contribution in [0, 0.1) is 0 Å². The Morgan fingerprint density at radius 3 is 1.15 bits per heavy atom. The predicted molar refractivity (Wildman–Crippen MR) is 42.0 cm³/mol. The first kappa shape index (κ1) is 18.2. The molecular weight excluding hydrogens is 267 g/mol. The van der Waals surface area contributed by atoms with Crippen molar-refractivity contribution in [1.29, 1.82) is 0 Å². The first-order chi connectivity index (χ1) is 5.54. The Bertz CT molecular complexity index is 157. The fraction of sp³-hybridized carbons (Fsp3) is 0.500. The van der Waals surface area contributed by atoms with E-state index < -0.39 is 0 Å². The largest absolute Gasteiger partial charge is 2.00 e. The fourth-order valence-corrected chi connectivity index (χ4v) is 0.203. The number of ketones is 2. The molecule has 0 aliphatic heterocycles. The number of carbonyl (C=O) groups is 2. The first-order valence-electron chi connectivity index (χ1n) is 3.23. The molecule has 76 valence electrons. The second-order valence-corrected chi connectivity index (χ2v) is 2.05. The maximum Gasteiger partial charge on any atom is 2.00 e. The molecule has 0 spiro atoms. The zero-order chi connectivity index (χ0) is 9.98. The van der Waals surface area contributed by atoms with Gasteiger partial charge in [0.15, 0.2) is 0 Å². The van der Waals surface area contributed by atoms with Crippen LogP contribution in [-0.2, 0) is 39.6 Å². The van der Waals surface area contributed by atoms with Crippen molar-refractivity contribution in [2.24, 2.45) is 0 Å². The van der Waals surface area contributed by atoms with E-state index in [-0.39, 0.29) is 44.8 Å². The minimum Gasteiger partial charge on any atom is -0.541 e. The molecule has 0 fully saturated rings. The maximum atomic E-state index is 9.78. The van der Waals surface area contributed by atoms with Crippen LogP contribution in [0.1, 0.15) is 26.7 Å². The van der Waals surface area contributed by atoms with Crippen molar-refractivity contribution in [2.75, 3.05) is 0 Å². The smallest absolute Gasteiger partial charge is 0.541 e. The fourth-order valence-electron chi connectivity index (χ4n) is 0.203. The Morgan fingerprint density at radius 1 is 0.923 bits per heavy atom. The quantitative estimate of drug-likeness (QED) is 0.416. The molecule has 5 heteroatoms. The molecule has 0 aliphatic rings. The van der Waals surface area contributed by atoms with E-state index >= 15 is 0 Å². The van der Waals surface area contributed by atoms with Crippen LogP contribution in [-0.4, -0.2) is 24.1 Å². The third-order valence-electron chi connectivity index (χ3n) is 0.642. The van der Waals surface area contributed by atoms with Gasteiger partial charge in [0.25, 0.3) is 0 Å². The molecule has 0 saturated carbocycles. The van der Waals surface area contributed by atoms with Crippen molar-refractivity contribution < 1.29 is 39.6 Å². The number of carbonyl (C=O) groups excluding carboxylic acids is 4. The van der Waals surface area contributed by atoms with E-state index in [1.807, 2.05) is 0 Å². The molecule has 0 atom stereocenters. The molecular formula is C8H10O4Pd. The normalized spacial score (nSPS) is 6.92. The predicted octanol–water partition coefficient (Wildman–Crippen LogP) is 0.148. The van der Waals surface area contributed by atoms with Crippen LogP contribution in [0.15, 0.2) is 0 Å². The van der Waals surface area contributed by atoms with Gasteiger partial charge in [-0.05, 0) is 13.8 Å². The molecule has 0 rings (SSSR count). The second kappa shape index (κ2) is 13.9. The Kier molecular flexibility index (Phi) is 19.5. The van der Waals surface area contributed by atoms with Crippen LogP contribution in [0.2, 0.25) is 0 Å². The molecule has 0 radical (unpaired) electrons. The van der Waals surface area contributed by atoms with Crippen molar-refractivity contribution in [3.05, 3.63) is 0 Å². The van der Waals surface area contributed by atoms with E-state index in [0.717, 1.165) is 0 Å². The van der Waals surface area contributed by atoms with Gasteiger partial charge in [0.05, 0.1) is 0 Å². The van der Waals surface area contributed by atoms with Crippen LogP contribution in [0.5, 0.6) is 0 Å². The third-order valence-corrected chi connectivity index (χ3v) is 0.642. The Hall–Kier alpha value is -0.658. The van der Waals surface area contributed by atoms with Crippen molar-refractivity contribution in [1.82, 2.24) is 0 Å². The molecule has 0 aliphatic carbocycles. The van der Waals surface area contributed by atoms with E-state index in [0.29, 0.717) is 0 Å². The first-order valence-corrected chi connectivity index (χ1v) is 3.23. The Labute approximate surface area is 90.7 Å². The zero-order valence-corrected chi connectivity index (χ0v) is 8.92. The molecule has 0 bridgehead atoms. The molecule has 0 N–H and O–H groups in total. The monoisotopic (exact) mass is 276 g/mol. The van der Waals surface area contributed by atoms with Gasteiger partial charge in [-0.3, -0.25) is 12.6 Å². The van der Waals surface area contributed by atoms with Gasteiger partial charge in [0.2, 0.25) is 0 Å². The standard InChI is InChI=1S/2C4H5O2.Pd/c2*1-4(6)2-3-5;/h2*2H2,1H3;/q2*-1;+2. The molecule has 13 heavy (non-hydrogen) atoms. The van der Waals surface area contributed by atoms with Crippen molar-refractivity contribution in [3.8, 4) is 0 Å². The topological polar surface area (TPSA) is 68.3 Å². The Morgan fingerprint density at radius 2 is 1.15 bits per heavy atom. The van der Waals surface area contributed by atoms with Crippen LogP contribution >= 0.6 is 0 Å². The molecule has 0 aromatic heterocycles. The summed E-state index contributed by atoms with van der Waals surface area (Å²) in [6, 6.07) is 0. The van der Waals surface area contributed by atoms with Crippen molar-refractivity contribution in [3.63, 3.8) is 0 Å². The second-order valence-electron chi connectivity index (χ2n) is 2.05. The average Bonchev–Trinajstić information content (AvgIpc) is 1.87. The van der Waals surface area contributed by atoms with Crippen LogP contribution < -0.4 is 0 Å². The minimum atomic E-state index is -0.134. The summed E-state index contributed by atoms with van der Waals surface area (Å²) in [6.45, 7) is 2.70. The van der Waals surface area contributed by atoms with E-state index in [4.69, 9.17) is 0 Å². The summed E-state index contributed by atoms with van der Waals surface area (Å²) in [7, 11) is 0. The molecule has 0 aromatic rings. The van der Waals surface area contributed by atoms with E-state index in [9.17, 15) is 19.2 Å². The van der Waals surface area contributed by atoms with Crippen molar-refractivity contribution in [2.45, 2.75) is 26.7 Å². The van der Waals surface area contributed by atoms with Gasteiger partial charge in [-0.1, -0.05) is 12.8 Å². The molecule has 0 unspecified atom stereocenters. The summed E-state index contributed by atoms with van der Waals surface area (Å²) in [5, 5.41) is 0. The van der Waals surface area contributed by atoms with Gasteiger partial charge < -0.3 is 19.2 Å².